The van der Waals surface area contributed by atoms with Crippen LogP contribution in [0, 0.1) is 0 Å². The molecule has 16 heavy (non-hydrogen) atoms. The van der Waals surface area contributed by atoms with E-state index in [9.17, 15) is 8.42 Å². The summed E-state index contributed by atoms with van der Waals surface area (Å²) in [6.45, 7) is 0.503. The minimum absolute atomic E-state index is 0.195. The molecule has 1 aliphatic rings. The Bertz CT molecular complexity index is 499. The molecular formula is C10H14N2O3S. The summed E-state index contributed by atoms with van der Waals surface area (Å²) in [5, 5.41) is 0. The second kappa shape index (κ2) is 3.86. The normalized spacial score (nSPS) is 18.7. The number of ether oxygens (including phenoxy) is 1. The van der Waals surface area contributed by atoms with Crippen molar-refractivity contribution in [2.45, 2.75) is 6.42 Å². The lowest BCUT2D eigenvalue weighted by atomic mass is 10.2. The molecule has 1 saturated heterocycles. The zero-order valence-corrected chi connectivity index (χ0v) is 9.83. The van der Waals surface area contributed by atoms with Gasteiger partial charge in [0.1, 0.15) is 5.75 Å². The van der Waals surface area contributed by atoms with Crippen molar-refractivity contribution in [3.63, 3.8) is 0 Å². The molecule has 0 spiro atoms. The van der Waals surface area contributed by atoms with E-state index in [0.29, 0.717) is 30.1 Å². The minimum atomic E-state index is -3.17. The second-order valence-corrected chi connectivity index (χ2v) is 5.69. The van der Waals surface area contributed by atoms with E-state index >= 15 is 0 Å². The van der Waals surface area contributed by atoms with Crippen LogP contribution in [0.25, 0.3) is 0 Å². The summed E-state index contributed by atoms with van der Waals surface area (Å²) >= 11 is 0. The average Bonchev–Trinajstić information content (AvgIpc) is 2.58. The number of hydrogen-bond donors (Lipinski definition) is 1. The molecule has 1 aromatic carbocycles. The fraction of sp³-hybridized carbons (Fsp3) is 0.400. The first-order chi connectivity index (χ1) is 7.54. The highest BCUT2D eigenvalue weighted by atomic mass is 32.2. The van der Waals surface area contributed by atoms with Gasteiger partial charge in [0.05, 0.1) is 18.6 Å². The first-order valence-electron chi connectivity index (χ1n) is 4.98. The third-order valence-corrected chi connectivity index (χ3v) is 4.43. The number of nitrogen functional groups attached to an aromatic ring is 1. The van der Waals surface area contributed by atoms with Crippen molar-refractivity contribution in [2.24, 2.45) is 0 Å². The largest absolute Gasteiger partial charge is 0.494 e. The Balaban J connectivity index is 2.48. The van der Waals surface area contributed by atoms with Crippen LogP contribution in [0.4, 0.5) is 11.4 Å². The van der Waals surface area contributed by atoms with Gasteiger partial charge in [-0.2, -0.15) is 0 Å². The van der Waals surface area contributed by atoms with Gasteiger partial charge in [0, 0.05) is 18.3 Å². The van der Waals surface area contributed by atoms with Gasteiger partial charge in [-0.1, -0.05) is 0 Å². The van der Waals surface area contributed by atoms with E-state index < -0.39 is 10.0 Å². The number of rotatable bonds is 2. The van der Waals surface area contributed by atoms with E-state index in [1.54, 1.807) is 18.2 Å². The van der Waals surface area contributed by atoms with Crippen LogP contribution >= 0.6 is 0 Å². The number of nitrogens with zero attached hydrogens (tertiary/aromatic N) is 1. The molecule has 0 unspecified atom stereocenters. The van der Waals surface area contributed by atoms with Crippen LogP contribution in [0.1, 0.15) is 6.42 Å². The Morgan fingerprint density at radius 2 is 2.19 bits per heavy atom. The van der Waals surface area contributed by atoms with Gasteiger partial charge in [0.2, 0.25) is 10.0 Å². The van der Waals surface area contributed by atoms with E-state index in [2.05, 4.69) is 0 Å². The molecule has 1 aliphatic heterocycles. The maximum absolute atomic E-state index is 11.8. The number of sulfonamides is 1. The second-order valence-electron chi connectivity index (χ2n) is 3.67. The lowest BCUT2D eigenvalue weighted by molar-refractivity contribution is 0.416. The van der Waals surface area contributed by atoms with E-state index in [0.717, 1.165) is 0 Å². The average molecular weight is 242 g/mol. The minimum Gasteiger partial charge on any atom is -0.494 e. The van der Waals surface area contributed by atoms with Crippen molar-refractivity contribution < 1.29 is 13.2 Å². The molecule has 1 fully saturated rings. The molecular weight excluding hydrogens is 228 g/mol. The van der Waals surface area contributed by atoms with Gasteiger partial charge in [-0.25, -0.2) is 8.42 Å². The number of hydrogen-bond acceptors (Lipinski definition) is 4. The van der Waals surface area contributed by atoms with Crippen molar-refractivity contribution in [1.82, 2.24) is 0 Å². The molecule has 0 aliphatic carbocycles. The van der Waals surface area contributed by atoms with E-state index in [1.807, 2.05) is 0 Å². The van der Waals surface area contributed by atoms with Crippen LogP contribution in [0.3, 0.4) is 0 Å². The summed E-state index contributed by atoms with van der Waals surface area (Å²) in [4.78, 5) is 0. The summed E-state index contributed by atoms with van der Waals surface area (Å²) in [6.07, 6.45) is 0.649. The van der Waals surface area contributed by atoms with Crippen molar-refractivity contribution in [3.8, 4) is 5.75 Å². The standard InChI is InChI=1S/C10H14N2O3S/c1-15-10-7-8(11)3-4-9(10)12-5-2-6-16(12,13)14/h3-4,7H,2,5-6,11H2,1H3. The van der Waals surface area contributed by atoms with Crippen molar-refractivity contribution in [2.75, 3.05) is 29.4 Å². The number of benzene rings is 1. The molecule has 0 radical (unpaired) electrons. The maximum atomic E-state index is 11.8. The van der Waals surface area contributed by atoms with Gasteiger partial charge in [0.15, 0.2) is 0 Å². The molecule has 0 saturated carbocycles. The third kappa shape index (κ3) is 1.80. The summed E-state index contributed by atoms with van der Waals surface area (Å²) in [5.74, 6) is 0.686. The Labute approximate surface area is 94.9 Å². The van der Waals surface area contributed by atoms with Crippen molar-refractivity contribution in [1.29, 1.82) is 0 Å². The molecule has 5 nitrogen and oxygen atoms in total. The van der Waals surface area contributed by atoms with Gasteiger partial charge in [-0.05, 0) is 18.6 Å². The Kier molecular flexibility index (Phi) is 2.67. The lowest BCUT2D eigenvalue weighted by Gasteiger charge is -2.19. The predicted molar refractivity (Wildman–Crippen MR) is 63.2 cm³/mol. The van der Waals surface area contributed by atoms with Crippen LogP contribution in [-0.2, 0) is 10.0 Å². The summed E-state index contributed by atoms with van der Waals surface area (Å²) in [7, 11) is -1.67. The summed E-state index contributed by atoms with van der Waals surface area (Å²) in [5.41, 5.74) is 6.74. The molecule has 0 atom stereocenters. The number of anilines is 2. The Hall–Kier alpha value is -1.43. The highest BCUT2D eigenvalue weighted by Crippen LogP contribution is 2.34. The van der Waals surface area contributed by atoms with Gasteiger partial charge in [-0.15, -0.1) is 0 Å². The lowest BCUT2D eigenvalue weighted by Crippen LogP contribution is -2.25. The first kappa shape index (κ1) is 11.1. The zero-order valence-electron chi connectivity index (χ0n) is 9.01. The molecule has 6 heteroatoms. The topological polar surface area (TPSA) is 72.6 Å². The molecule has 1 aromatic rings. The molecule has 2 rings (SSSR count). The highest BCUT2D eigenvalue weighted by Gasteiger charge is 2.30. The highest BCUT2D eigenvalue weighted by molar-refractivity contribution is 7.93. The first-order valence-corrected chi connectivity index (χ1v) is 6.59. The van der Waals surface area contributed by atoms with Crippen LogP contribution in [0.2, 0.25) is 0 Å². The van der Waals surface area contributed by atoms with Gasteiger partial charge >= 0.3 is 0 Å². The van der Waals surface area contributed by atoms with Crippen LogP contribution in [-0.4, -0.2) is 27.8 Å². The van der Waals surface area contributed by atoms with E-state index in [1.165, 1.54) is 11.4 Å². The Morgan fingerprint density at radius 3 is 2.75 bits per heavy atom. The van der Waals surface area contributed by atoms with Crippen LogP contribution < -0.4 is 14.8 Å². The van der Waals surface area contributed by atoms with Crippen LogP contribution in [0.15, 0.2) is 18.2 Å². The number of nitrogens with two attached hydrogens (primary N) is 1. The molecule has 2 N–H and O–H groups in total. The molecule has 1 heterocycles. The number of methoxy groups -OCH3 is 1. The van der Waals surface area contributed by atoms with Gasteiger partial charge < -0.3 is 10.5 Å². The molecule has 88 valence electrons. The zero-order chi connectivity index (χ0) is 11.8. The van der Waals surface area contributed by atoms with E-state index in [4.69, 9.17) is 10.5 Å². The molecule has 0 bridgehead atoms. The molecule has 0 amide bonds. The SMILES string of the molecule is COc1cc(N)ccc1N1CCCS1(=O)=O. The quantitative estimate of drug-likeness (QED) is 0.779. The molecule has 0 aromatic heterocycles. The van der Waals surface area contributed by atoms with Gasteiger partial charge in [-0.3, -0.25) is 4.31 Å². The monoisotopic (exact) mass is 242 g/mol. The fourth-order valence-electron chi connectivity index (χ4n) is 1.81. The van der Waals surface area contributed by atoms with E-state index in [-0.39, 0.29) is 5.75 Å². The Morgan fingerprint density at radius 1 is 1.44 bits per heavy atom. The maximum Gasteiger partial charge on any atom is 0.235 e. The fourth-order valence-corrected chi connectivity index (χ4v) is 3.38. The summed E-state index contributed by atoms with van der Waals surface area (Å²) in [6, 6.07) is 4.98. The smallest absolute Gasteiger partial charge is 0.235 e. The van der Waals surface area contributed by atoms with Crippen molar-refractivity contribution in [3.05, 3.63) is 18.2 Å². The predicted octanol–water partition coefficient (Wildman–Crippen LogP) is 0.817. The summed E-state index contributed by atoms with van der Waals surface area (Å²) < 4.78 is 30.0. The third-order valence-electron chi connectivity index (χ3n) is 2.57. The van der Waals surface area contributed by atoms with Crippen molar-refractivity contribution >= 4 is 21.4 Å². The van der Waals surface area contributed by atoms with Gasteiger partial charge in [0.25, 0.3) is 0 Å². The van der Waals surface area contributed by atoms with Crippen LogP contribution in [0.5, 0.6) is 5.75 Å².